The lowest BCUT2D eigenvalue weighted by atomic mass is 10.0. The summed E-state index contributed by atoms with van der Waals surface area (Å²) < 4.78 is 35.6. The molecule has 3 unspecified atom stereocenters. The first-order valence-electron chi connectivity index (χ1n) is 9.28. The van der Waals surface area contributed by atoms with Gasteiger partial charge in [0.25, 0.3) is 0 Å². The number of hydrogen-bond donors (Lipinski definition) is 0. The molecule has 1 aromatic rings. The highest BCUT2D eigenvalue weighted by Gasteiger charge is 2.56. The van der Waals surface area contributed by atoms with Crippen molar-refractivity contribution in [2.45, 2.75) is 90.4 Å². The van der Waals surface area contributed by atoms with E-state index >= 15 is 0 Å². The molecule has 0 N–H and O–H groups in total. The Bertz CT molecular complexity index is 616. The molecule has 3 aliphatic rings. The summed E-state index contributed by atoms with van der Waals surface area (Å²) >= 11 is 0. The normalized spacial score (nSPS) is 35.9. The molecule has 6 heteroatoms. The van der Waals surface area contributed by atoms with Gasteiger partial charge in [0.2, 0.25) is 0 Å². The molecule has 0 saturated carbocycles. The number of fused-ring (bicyclic) bond motifs is 1. The third-order valence-corrected chi connectivity index (χ3v) is 4.91. The van der Waals surface area contributed by atoms with Crippen molar-refractivity contribution in [3.05, 3.63) is 35.9 Å². The highest BCUT2D eigenvalue weighted by molar-refractivity contribution is 5.13. The van der Waals surface area contributed by atoms with Crippen molar-refractivity contribution in [1.29, 1.82) is 0 Å². The van der Waals surface area contributed by atoms with Crippen LogP contribution in [0.4, 0.5) is 0 Å². The van der Waals surface area contributed by atoms with Gasteiger partial charge in [0.05, 0.1) is 25.4 Å². The summed E-state index contributed by atoms with van der Waals surface area (Å²) in [6.45, 7) is 8.86. The average Bonchev–Trinajstić information content (AvgIpc) is 3.03. The van der Waals surface area contributed by atoms with Crippen LogP contribution in [0, 0.1) is 0 Å². The molecule has 3 fully saturated rings. The first-order chi connectivity index (χ1) is 12.3. The lowest BCUT2D eigenvalue weighted by molar-refractivity contribution is -0.236. The number of ether oxygens (including phenoxy) is 6. The van der Waals surface area contributed by atoms with Crippen LogP contribution in [0.2, 0.25) is 0 Å². The number of benzene rings is 1. The lowest BCUT2D eigenvalue weighted by Gasteiger charge is -2.36. The van der Waals surface area contributed by atoms with E-state index in [-0.39, 0.29) is 37.6 Å². The van der Waals surface area contributed by atoms with E-state index in [1.165, 1.54) is 0 Å². The van der Waals surface area contributed by atoms with Gasteiger partial charge in [0.1, 0.15) is 11.7 Å². The van der Waals surface area contributed by atoms with E-state index in [1.54, 1.807) is 0 Å². The Morgan fingerprint density at radius 1 is 1.04 bits per heavy atom. The fraction of sp³-hybridized carbons (Fsp3) is 0.714. The van der Waals surface area contributed by atoms with E-state index in [1.807, 2.05) is 58.0 Å². The van der Waals surface area contributed by atoms with Crippen LogP contribution in [0.1, 0.15) is 47.1 Å². The molecule has 6 nitrogen and oxygen atoms in total. The second kappa shape index (κ2) is 7.78. The summed E-state index contributed by atoms with van der Waals surface area (Å²) in [5.74, 6) is -0.684. The van der Waals surface area contributed by atoms with Crippen molar-refractivity contribution in [3.63, 3.8) is 0 Å². The molecule has 3 aliphatic heterocycles. The Kier molecular flexibility index (Phi) is 5.96. The van der Waals surface area contributed by atoms with Gasteiger partial charge in [-0.15, -0.1) is 0 Å². The van der Waals surface area contributed by atoms with Crippen LogP contribution in [-0.4, -0.2) is 48.9 Å². The highest BCUT2D eigenvalue weighted by atomic mass is 16.8. The van der Waals surface area contributed by atoms with Crippen molar-refractivity contribution >= 4 is 0 Å². The van der Waals surface area contributed by atoms with Gasteiger partial charge in [-0.3, -0.25) is 0 Å². The molecule has 27 heavy (non-hydrogen) atoms. The molecule has 0 aliphatic carbocycles. The molecular formula is C21H32O6. The Balaban J connectivity index is 0.00000210. The van der Waals surface area contributed by atoms with E-state index < -0.39 is 12.1 Å². The largest absolute Gasteiger partial charge is 0.374 e. The Labute approximate surface area is 162 Å². The van der Waals surface area contributed by atoms with Gasteiger partial charge in [-0.1, -0.05) is 37.8 Å². The molecule has 0 aromatic heterocycles. The van der Waals surface area contributed by atoms with Crippen LogP contribution in [0.25, 0.3) is 0 Å². The first kappa shape index (κ1) is 20.7. The van der Waals surface area contributed by atoms with Gasteiger partial charge < -0.3 is 28.4 Å². The van der Waals surface area contributed by atoms with E-state index in [4.69, 9.17) is 28.4 Å². The predicted octanol–water partition coefficient (Wildman–Crippen LogP) is 3.63. The summed E-state index contributed by atoms with van der Waals surface area (Å²) in [6, 6.07) is 10.1. The number of epoxide rings is 1. The van der Waals surface area contributed by atoms with E-state index in [9.17, 15) is 0 Å². The predicted molar refractivity (Wildman–Crippen MR) is 100.0 cm³/mol. The topological polar surface area (TPSA) is 58.7 Å². The van der Waals surface area contributed by atoms with Gasteiger partial charge in [0, 0.05) is 6.42 Å². The molecule has 3 heterocycles. The molecule has 0 bridgehead atoms. The SMILES string of the molecule is C.CC1(C)OC2[C@H](OC(COCc3ccccc3)C[C@H]2OC2OC2(C)C)O1. The van der Waals surface area contributed by atoms with Gasteiger partial charge in [-0.25, -0.2) is 0 Å². The minimum Gasteiger partial charge on any atom is -0.374 e. The molecular weight excluding hydrogens is 348 g/mol. The fourth-order valence-electron chi connectivity index (χ4n) is 3.47. The molecule has 152 valence electrons. The third kappa shape index (κ3) is 4.88. The zero-order chi connectivity index (χ0) is 18.4. The quantitative estimate of drug-likeness (QED) is 0.703. The van der Waals surface area contributed by atoms with E-state index in [0.29, 0.717) is 19.6 Å². The third-order valence-electron chi connectivity index (χ3n) is 4.91. The van der Waals surface area contributed by atoms with Crippen LogP contribution in [0.3, 0.4) is 0 Å². The molecule has 4 rings (SSSR count). The monoisotopic (exact) mass is 380 g/mol. The maximum Gasteiger partial charge on any atom is 0.190 e. The zero-order valence-electron chi connectivity index (χ0n) is 15.8. The van der Waals surface area contributed by atoms with Crippen molar-refractivity contribution in [1.82, 2.24) is 0 Å². The molecule has 3 saturated heterocycles. The number of hydrogen-bond acceptors (Lipinski definition) is 6. The highest BCUT2D eigenvalue weighted by Crippen LogP contribution is 2.42. The van der Waals surface area contributed by atoms with Gasteiger partial charge in [-0.2, -0.15) is 0 Å². The van der Waals surface area contributed by atoms with Crippen LogP contribution in [0.5, 0.6) is 0 Å². The van der Waals surface area contributed by atoms with E-state index in [2.05, 4.69) is 0 Å². The molecule has 5 atom stereocenters. The second-order valence-corrected chi connectivity index (χ2v) is 8.19. The maximum absolute atomic E-state index is 6.16. The van der Waals surface area contributed by atoms with Crippen LogP contribution in [0.15, 0.2) is 30.3 Å². The lowest BCUT2D eigenvalue weighted by Crippen LogP contribution is -2.49. The summed E-state index contributed by atoms with van der Waals surface area (Å²) in [5.41, 5.74) is 0.908. The summed E-state index contributed by atoms with van der Waals surface area (Å²) in [5, 5.41) is 0. The Hall–Kier alpha value is -1.02. The van der Waals surface area contributed by atoms with Crippen LogP contribution >= 0.6 is 0 Å². The first-order valence-corrected chi connectivity index (χ1v) is 9.28. The minimum absolute atomic E-state index is 0. The zero-order valence-corrected chi connectivity index (χ0v) is 15.8. The fourth-order valence-corrected chi connectivity index (χ4v) is 3.47. The molecule has 1 aromatic carbocycles. The summed E-state index contributed by atoms with van der Waals surface area (Å²) in [4.78, 5) is 0. The standard InChI is InChI=1S/C20H28O6.CH4/c1-19(2)18(26-19)23-15-10-14(12-21-11-13-8-6-5-7-9-13)22-17-16(15)24-20(3,4)25-17;/h5-9,14-18H,10-12H2,1-4H3;1H4/t14?,15-,16?,17-,18?;/m1./s1. The van der Waals surface area contributed by atoms with Gasteiger partial charge in [0.15, 0.2) is 18.4 Å². The Morgan fingerprint density at radius 2 is 1.74 bits per heavy atom. The average molecular weight is 380 g/mol. The summed E-state index contributed by atoms with van der Waals surface area (Å²) in [7, 11) is 0. The van der Waals surface area contributed by atoms with Crippen molar-refractivity contribution in [2.75, 3.05) is 6.61 Å². The van der Waals surface area contributed by atoms with Crippen molar-refractivity contribution in [3.8, 4) is 0 Å². The minimum atomic E-state index is -0.684. The van der Waals surface area contributed by atoms with Crippen LogP contribution < -0.4 is 0 Å². The van der Waals surface area contributed by atoms with Gasteiger partial charge in [-0.05, 0) is 33.3 Å². The van der Waals surface area contributed by atoms with Crippen LogP contribution in [-0.2, 0) is 35.0 Å². The molecule has 0 amide bonds. The summed E-state index contributed by atoms with van der Waals surface area (Å²) in [6.07, 6.45) is -0.474. The Morgan fingerprint density at radius 3 is 2.41 bits per heavy atom. The maximum atomic E-state index is 6.16. The second-order valence-electron chi connectivity index (χ2n) is 8.19. The van der Waals surface area contributed by atoms with Crippen molar-refractivity contribution < 1.29 is 28.4 Å². The molecule has 0 spiro atoms. The van der Waals surface area contributed by atoms with E-state index in [0.717, 1.165) is 5.56 Å². The number of rotatable bonds is 6. The molecule has 0 radical (unpaired) electrons. The smallest absolute Gasteiger partial charge is 0.190 e. The van der Waals surface area contributed by atoms with Gasteiger partial charge >= 0.3 is 0 Å². The van der Waals surface area contributed by atoms with Crippen molar-refractivity contribution in [2.24, 2.45) is 0 Å².